The van der Waals surface area contributed by atoms with Crippen LogP contribution in [0.4, 0.5) is 0 Å². The highest BCUT2D eigenvalue weighted by Gasteiger charge is 2.28. The van der Waals surface area contributed by atoms with Gasteiger partial charge in [0.1, 0.15) is 6.23 Å². The van der Waals surface area contributed by atoms with Gasteiger partial charge >= 0.3 is 11.9 Å². The highest BCUT2D eigenvalue weighted by molar-refractivity contribution is 5.71. The minimum atomic E-state index is -0.973. The van der Waals surface area contributed by atoms with Crippen molar-refractivity contribution in [2.75, 3.05) is 0 Å². The van der Waals surface area contributed by atoms with E-state index < -0.39 is 30.4 Å². The summed E-state index contributed by atoms with van der Waals surface area (Å²) in [5.41, 5.74) is 0. The van der Waals surface area contributed by atoms with Crippen LogP contribution in [0.3, 0.4) is 0 Å². The fourth-order valence-electron chi connectivity index (χ4n) is 2.03. The van der Waals surface area contributed by atoms with E-state index in [1.807, 2.05) is 13.8 Å². The van der Waals surface area contributed by atoms with Crippen molar-refractivity contribution in [3.05, 3.63) is 0 Å². The molecule has 0 aliphatic carbocycles. The molecule has 128 valence electrons. The largest absolute Gasteiger partial charge is 0.481 e. The SMILES string of the molecule is CC(C)CC(CC(=O)O)C(NC=O)OC(C)OC(=O)C(C)C. The molecule has 0 fully saturated rings. The van der Waals surface area contributed by atoms with Gasteiger partial charge in [-0.25, -0.2) is 0 Å². The molecule has 0 aliphatic heterocycles. The lowest BCUT2D eigenvalue weighted by atomic mass is 9.92. The fourth-order valence-corrected chi connectivity index (χ4v) is 2.03. The first-order valence-electron chi connectivity index (χ1n) is 7.44. The van der Waals surface area contributed by atoms with Crippen LogP contribution in [0.1, 0.15) is 47.5 Å². The molecule has 0 aliphatic rings. The molecule has 1 amide bonds. The number of carbonyl (C=O) groups is 3. The van der Waals surface area contributed by atoms with E-state index in [4.69, 9.17) is 14.6 Å². The second-order valence-electron chi connectivity index (χ2n) is 5.99. The Kier molecular flexibility index (Phi) is 9.40. The van der Waals surface area contributed by atoms with Gasteiger partial charge in [0.15, 0.2) is 0 Å². The molecule has 0 radical (unpaired) electrons. The molecular formula is C15H27NO6. The second-order valence-corrected chi connectivity index (χ2v) is 5.99. The minimum Gasteiger partial charge on any atom is -0.481 e. The third-order valence-electron chi connectivity index (χ3n) is 2.96. The number of nitrogens with one attached hydrogen (secondary N) is 1. The maximum Gasteiger partial charge on any atom is 0.310 e. The molecule has 7 heteroatoms. The number of rotatable bonds is 11. The molecule has 0 aromatic carbocycles. The topological polar surface area (TPSA) is 102 Å². The Balaban J connectivity index is 4.85. The molecule has 0 saturated carbocycles. The lowest BCUT2D eigenvalue weighted by Crippen LogP contribution is -2.42. The molecule has 0 saturated heterocycles. The Labute approximate surface area is 131 Å². The van der Waals surface area contributed by atoms with Gasteiger partial charge in [-0.05, 0) is 19.3 Å². The van der Waals surface area contributed by atoms with Crippen molar-refractivity contribution in [3.63, 3.8) is 0 Å². The average Bonchev–Trinajstić information content (AvgIpc) is 2.36. The van der Waals surface area contributed by atoms with Crippen molar-refractivity contribution in [2.45, 2.75) is 60.0 Å². The highest BCUT2D eigenvalue weighted by Crippen LogP contribution is 2.21. The molecule has 0 bridgehead atoms. The standard InChI is InChI=1S/C15H27NO6/c1-9(2)6-12(7-13(18)19)14(16-8-17)21-11(5)22-15(20)10(3)4/h8-12,14H,6-7H2,1-5H3,(H,16,17)(H,18,19). The molecule has 22 heavy (non-hydrogen) atoms. The summed E-state index contributed by atoms with van der Waals surface area (Å²) in [5, 5.41) is 11.5. The Morgan fingerprint density at radius 1 is 1.18 bits per heavy atom. The molecule has 0 rings (SSSR count). The number of carbonyl (C=O) groups excluding carboxylic acids is 2. The van der Waals surface area contributed by atoms with E-state index in [-0.39, 0.29) is 18.3 Å². The average molecular weight is 317 g/mol. The molecule has 0 heterocycles. The van der Waals surface area contributed by atoms with Crippen LogP contribution >= 0.6 is 0 Å². The lowest BCUT2D eigenvalue weighted by Gasteiger charge is -2.29. The summed E-state index contributed by atoms with van der Waals surface area (Å²) in [7, 11) is 0. The van der Waals surface area contributed by atoms with Gasteiger partial charge in [-0.1, -0.05) is 27.7 Å². The van der Waals surface area contributed by atoms with Crippen LogP contribution in [-0.4, -0.2) is 36.0 Å². The van der Waals surface area contributed by atoms with E-state index in [9.17, 15) is 14.4 Å². The van der Waals surface area contributed by atoms with Crippen molar-refractivity contribution in [3.8, 4) is 0 Å². The molecule has 0 aromatic heterocycles. The smallest absolute Gasteiger partial charge is 0.310 e. The monoisotopic (exact) mass is 317 g/mol. The number of hydrogen-bond acceptors (Lipinski definition) is 5. The Morgan fingerprint density at radius 3 is 2.18 bits per heavy atom. The van der Waals surface area contributed by atoms with Crippen molar-refractivity contribution >= 4 is 18.3 Å². The molecule has 0 spiro atoms. The second kappa shape index (κ2) is 10.2. The van der Waals surface area contributed by atoms with E-state index >= 15 is 0 Å². The zero-order valence-corrected chi connectivity index (χ0v) is 13.9. The summed E-state index contributed by atoms with van der Waals surface area (Å²) in [6.07, 6.45) is -0.838. The maximum atomic E-state index is 11.5. The van der Waals surface area contributed by atoms with Gasteiger partial charge < -0.3 is 19.9 Å². The summed E-state index contributed by atoms with van der Waals surface area (Å²) in [6, 6.07) is 0. The zero-order valence-electron chi connectivity index (χ0n) is 13.9. The number of ether oxygens (including phenoxy) is 2. The van der Waals surface area contributed by atoms with Gasteiger partial charge in [-0.3, -0.25) is 14.4 Å². The van der Waals surface area contributed by atoms with Gasteiger partial charge in [0.2, 0.25) is 12.7 Å². The summed E-state index contributed by atoms with van der Waals surface area (Å²) in [6.45, 7) is 8.83. The molecular weight excluding hydrogens is 290 g/mol. The van der Waals surface area contributed by atoms with E-state index in [0.717, 1.165) is 0 Å². The summed E-state index contributed by atoms with van der Waals surface area (Å²) >= 11 is 0. The number of carboxylic acids is 1. The number of hydrogen-bond donors (Lipinski definition) is 2. The predicted octanol–water partition coefficient (Wildman–Crippen LogP) is 1.76. The third kappa shape index (κ3) is 8.61. The molecule has 0 aromatic rings. The number of aliphatic carboxylic acids is 1. The van der Waals surface area contributed by atoms with Crippen molar-refractivity contribution in [1.29, 1.82) is 0 Å². The quantitative estimate of drug-likeness (QED) is 0.342. The van der Waals surface area contributed by atoms with Gasteiger partial charge in [-0.15, -0.1) is 0 Å². The third-order valence-corrected chi connectivity index (χ3v) is 2.96. The summed E-state index contributed by atoms with van der Waals surface area (Å²) in [5.74, 6) is -1.87. The van der Waals surface area contributed by atoms with Gasteiger partial charge in [0.25, 0.3) is 0 Å². The minimum absolute atomic E-state index is 0.144. The summed E-state index contributed by atoms with van der Waals surface area (Å²) < 4.78 is 10.6. The van der Waals surface area contributed by atoms with Crippen LogP contribution in [-0.2, 0) is 23.9 Å². The number of carboxylic acid groups (broad SMARTS) is 1. The fraction of sp³-hybridized carbons (Fsp3) is 0.800. The first-order valence-corrected chi connectivity index (χ1v) is 7.44. The van der Waals surface area contributed by atoms with Crippen molar-refractivity contribution in [1.82, 2.24) is 5.32 Å². The predicted molar refractivity (Wildman–Crippen MR) is 79.7 cm³/mol. The lowest BCUT2D eigenvalue weighted by molar-refractivity contribution is -0.198. The molecule has 3 unspecified atom stereocenters. The Bertz CT molecular complexity index is 369. The van der Waals surface area contributed by atoms with E-state index in [2.05, 4.69) is 5.32 Å². The molecule has 3 atom stereocenters. The van der Waals surface area contributed by atoms with Crippen LogP contribution in [0, 0.1) is 17.8 Å². The van der Waals surface area contributed by atoms with Gasteiger partial charge in [0, 0.05) is 5.92 Å². The van der Waals surface area contributed by atoms with Crippen LogP contribution in [0.15, 0.2) is 0 Å². The van der Waals surface area contributed by atoms with Crippen LogP contribution < -0.4 is 5.32 Å². The van der Waals surface area contributed by atoms with Crippen LogP contribution in [0.2, 0.25) is 0 Å². The van der Waals surface area contributed by atoms with Crippen molar-refractivity contribution < 1.29 is 29.0 Å². The summed E-state index contributed by atoms with van der Waals surface area (Å²) in [4.78, 5) is 33.3. The first-order chi connectivity index (χ1) is 10.2. The van der Waals surface area contributed by atoms with Gasteiger partial charge in [-0.2, -0.15) is 0 Å². The van der Waals surface area contributed by atoms with Gasteiger partial charge in [0.05, 0.1) is 12.3 Å². The Morgan fingerprint density at radius 2 is 1.77 bits per heavy atom. The number of esters is 1. The maximum absolute atomic E-state index is 11.5. The first kappa shape index (κ1) is 20.4. The van der Waals surface area contributed by atoms with Crippen LogP contribution in [0.25, 0.3) is 0 Å². The zero-order chi connectivity index (χ0) is 17.3. The molecule has 7 nitrogen and oxygen atoms in total. The van der Waals surface area contributed by atoms with Crippen molar-refractivity contribution in [2.24, 2.45) is 17.8 Å². The van der Waals surface area contributed by atoms with Crippen LogP contribution in [0.5, 0.6) is 0 Å². The normalized spacial score (nSPS) is 15.2. The Hall–Kier alpha value is -1.63. The molecule has 2 N–H and O–H groups in total. The van der Waals surface area contributed by atoms with E-state index in [1.54, 1.807) is 13.8 Å². The number of amides is 1. The van der Waals surface area contributed by atoms with E-state index in [0.29, 0.717) is 12.8 Å². The van der Waals surface area contributed by atoms with E-state index in [1.165, 1.54) is 6.92 Å². The highest BCUT2D eigenvalue weighted by atomic mass is 16.7.